The molecule has 0 amide bonds. The van der Waals surface area contributed by atoms with Crippen LogP contribution in [0, 0.1) is 0 Å². The van der Waals surface area contributed by atoms with E-state index >= 15 is 0 Å². The van der Waals surface area contributed by atoms with Crippen LogP contribution in [0.15, 0.2) is 12.3 Å². The van der Waals surface area contributed by atoms with Gasteiger partial charge < -0.3 is 5.32 Å². The minimum Gasteiger partial charge on any atom is -0.311 e. The molecule has 1 atom stereocenters. The monoisotopic (exact) mass is 249 g/mol. The average molecular weight is 249 g/mol. The van der Waals surface area contributed by atoms with Gasteiger partial charge in [0, 0.05) is 18.2 Å². The third-order valence-electron chi connectivity index (χ3n) is 4.51. The van der Waals surface area contributed by atoms with E-state index in [1.807, 2.05) is 0 Å². The molecule has 2 heterocycles. The molecule has 1 N–H and O–H groups in total. The predicted molar refractivity (Wildman–Crippen MR) is 75.8 cm³/mol. The van der Waals surface area contributed by atoms with Crippen LogP contribution in [0.25, 0.3) is 0 Å². The fraction of sp³-hybridized carbons (Fsp3) is 0.800. The number of hydrogen-bond acceptors (Lipinski definition) is 2. The van der Waals surface area contributed by atoms with E-state index in [1.165, 1.54) is 31.5 Å². The van der Waals surface area contributed by atoms with Gasteiger partial charge >= 0.3 is 0 Å². The molecule has 1 saturated heterocycles. The molecule has 3 nitrogen and oxygen atoms in total. The minimum absolute atomic E-state index is 0.313. The second kappa shape index (κ2) is 5.87. The third kappa shape index (κ3) is 2.77. The lowest BCUT2D eigenvalue weighted by Gasteiger charge is -2.27. The molecule has 2 rings (SSSR count). The molecular formula is C15H27N3. The number of aromatic nitrogens is 2. The van der Waals surface area contributed by atoms with Crippen LogP contribution in [0.4, 0.5) is 0 Å². The Labute approximate surface area is 111 Å². The highest BCUT2D eigenvalue weighted by atomic mass is 15.3. The fourth-order valence-electron chi connectivity index (χ4n) is 3.13. The Kier molecular flexibility index (Phi) is 4.44. The SMILES string of the molecule is CCC(CC)n1ccc(CC2(CC)CCCN2)n1. The van der Waals surface area contributed by atoms with Crippen LogP contribution in [-0.4, -0.2) is 21.9 Å². The summed E-state index contributed by atoms with van der Waals surface area (Å²) in [6, 6.07) is 2.77. The molecule has 0 aromatic carbocycles. The molecule has 0 aliphatic carbocycles. The largest absolute Gasteiger partial charge is 0.311 e. The zero-order valence-electron chi connectivity index (χ0n) is 12.1. The van der Waals surface area contributed by atoms with Gasteiger partial charge in [-0.05, 0) is 44.7 Å². The van der Waals surface area contributed by atoms with Gasteiger partial charge in [0.25, 0.3) is 0 Å². The molecule has 1 fully saturated rings. The van der Waals surface area contributed by atoms with Gasteiger partial charge in [-0.15, -0.1) is 0 Å². The summed E-state index contributed by atoms with van der Waals surface area (Å²) in [6.45, 7) is 7.93. The van der Waals surface area contributed by atoms with Crippen LogP contribution in [0.2, 0.25) is 0 Å². The summed E-state index contributed by atoms with van der Waals surface area (Å²) in [6.07, 6.45) is 9.36. The molecule has 0 bridgehead atoms. The van der Waals surface area contributed by atoms with E-state index in [0.717, 1.165) is 19.3 Å². The second-order valence-corrected chi connectivity index (χ2v) is 5.60. The minimum atomic E-state index is 0.313. The van der Waals surface area contributed by atoms with Crippen LogP contribution < -0.4 is 5.32 Å². The number of hydrogen-bond donors (Lipinski definition) is 1. The fourth-order valence-corrected chi connectivity index (χ4v) is 3.13. The summed E-state index contributed by atoms with van der Waals surface area (Å²) < 4.78 is 2.16. The summed E-state index contributed by atoms with van der Waals surface area (Å²) in [5.74, 6) is 0. The quantitative estimate of drug-likeness (QED) is 0.838. The van der Waals surface area contributed by atoms with E-state index < -0.39 is 0 Å². The Hall–Kier alpha value is -0.830. The van der Waals surface area contributed by atoms with Gasteiger partial charge in [-0.25, -0.2) is 0 Å². The van der Waals surface area contributed by atoms with Gasteiger partial charge in [-0.3, -0.25) is 4.68 Å². The summed E-state index contributed by atoms with van der Waals surface area (Å²) in [7, 11) is 0. The summed E-state index contributed by atoms with van der Waals surface area (Å²) in [4.78, 5) is 0. The van der Waals surface area contributed by atoms with E-state index in [1.54, 1.807) is 0 Å². The van der Waals surface area contributed by atoms with Crippen molar-refractivity contribution in [3.8, 4) is 0 Å². The highest BCUT2D eigenvalue weighted by Crippen LogP contribution is 2.27. The summed E-state index contributed by atoms with van der Waals surface area (Å²) in [5.41, 5.74) is 1.56. The van der Waals surface area contributed by atoms with Crippen molar-refractivity contribution in [1.29, 1.82) is 0 Å². The molecule has 102 valence electrons. The number of nitrogens with one attached hydrogen (secondary N) is 1. The van der Waals surface area contributed by atoms with Gasteiger partial charge in [-0.1, -0.05) is 20.8 Å². The van der Waals surface area contributed by atoms with E-state index in [0.29, 0.717) is 11.6 Å². The maximum Gasteiger partial charge on any atom is 0.0643 e. The maximum atomic E-state index is 4.79. The predicted octanol–water partition coefficient (Wildman–Crippen LogP) is 3.32. The van der Waals surface area contributed by atoms with Crippen LogP contribution in [-0.2, 0) is 6.42 Å². The molecule has 0 radical (unpaired) electrons. The first-order chi connectivity index (χ1) is 8.73. The first-order valence-corrected chi connectivity index (χ1v) is 7.52. The molecule has 1 aromatic heterocycles. The normalized spacial score (nSPS) is 24.0. The van der Waals surface area contributed by atoms with Gasteiger partial charge in [0.1, 0.15) is 0 Å². The van der Waals surface area contributed by atoms with Crippen molar-refractivity contribution in [2.24, 2.45) is 0 Å². The average Bonchev–Trinajstić information content (AvgIpc) is 3.02. The summed E-state index contributed by atoms with van der Waals surface area (Å²) >= 11 is 0. The molecule has 1 aromatic rings. The zero-order chi connectivity index (χ0) is 13.0. The van der Waals surface area contributed by atoms with Gasteiger partial charge in [0.15, 0.2) is 0 Å². The van der Waals surface area contributed by atoms with Crippen molar-refractivity contribution in [1.82, 2.24) is 15.1 Å². The van der Waals surface area contributed by atoms with E-state index in [-0.39, 0.29) is 0 Å². The van der Waals surface area contributed by atoms with Crippen molar-refractivity contribution >= 4 is 0 Å². The highest BCUT2D eigenvalue weighted by Gasteiger charge is 2.32. The highest BCUT2D eigenvalue weighted by molar-refractivity contribution is 5.08. The number of nitrogens with zero attached hydrogens (tertiary/aromatic N) is 2. The van der Waals surface area contributed by atoms with Crippen molar-refractivity contribution in [3.05, 3.63) is 18.0 Å². The van der Waals surface area contributed by atoms with Crippen molar-refractivity contribution < 1.29 is 0 Å². The van der Waals surface area contributed by atoms with Crippen molar-refractivity contribution in [3.63, 3.8) is 0 Å². The topological polar surface area (TPSA) is 29.9 Å². The zero-order valence-corrected chi connectivity index (χ0v) is 12.1. The second-order valence-electron chi connectivity index (χ2n) is 5.60. The van der Waals surface area contributed by atoms with Gasteiger partial charge in [0.05, 0.1) is 11.7 Å². The lowest BCUT2D eigenvalue weighted by Crippen LogP contribution is -2.41. The molecule has 0 spiro atoms. The Balaban J connectivity index is 2.06. The van der Waals surface area contributed by atoms with E-state index in [2.05, 4.69) is 43.0 Å². The van der Waals surface area contributed by atoms with Crippen LogP contribution >= 0.6 is 0 Å². The molecule has 0 saturated carbocycles. The molecule has 3 heteroatoms. The maximum absolute atomic E-state index is 4.79. The van der Waals surface area contributed by atoms with Gasteiger partial charge in [0.2, 0.25) is 0 Å². The van der Waals surface area contributed by atoms with Crippen LogP contribution in [0.1, 0.15) is 64.6 Å². The molecular weight excluding hydrogens is 222 g/mol. The van der Waals surface area contributed by atoms with Crippen molar-refractivity contribution in [2.75, 3.05) is 6.54 Å². The van der Waals surface area contributed by atoms with Crippen molar-refractivity contribution in [2.45, 2.75) is 70.9 Å². The molecule has 1 aliphatic heterocycles. The smallest absolute Gasteiger partial charge is 0.0643 e. The first kappa shape index (κ1) is 13.6. The third-order valence-corrected chi connectivity index (χ3v) is 4.51. The van der Waals surface area contributed by atoms with Crippen LogP contribution in [0.5, 0.6) is 0 Å². The standard InChI is InChI=1S/C15H27N3/c1-4-14(5-2)18-11-8-13(17-18)12-15(6-3)9-7-10-16-15/h8,11,14,16H,4-7,9-10,12H2,1-3H3. The Bertz CT molecular complexity index is 360. The van der Waals surface area contributed by atoms with Gasteiger partial charge in [-0.2, -0.15) is 5.10 Å². The molecule has 18 heavy (non-hydrogen) atoms. The molecule has 1 aliphatic rings. The Morgan fingerprint density at radius 3 is 2.72 bits per heavy atom. The lowest BCUT2D eigenvalue weighted by atomic mass is 9.89. The lowest BCUT2D eigenvalue weighted by molar-refractivity contribution is 0.351. The number of rotatable bonds is 6. The van der Waals surface area contributed by atoms with E-state index in [9.17, 15) is 0 Å². The molecule has 1 unspecified atom stereocenters. The Morgan fingerprint density at radius 2 is 2.17 bits per heavy atom. The van der Waals surface area contributed by atoms with E-state index in [4.69, 9.17) is 5.10 Å². The first-order valence-electron chi connectivity index (χ1n) is 7.52. The summed E-state index contributed by atoms with van der Waals surface area (Å²) in [5, 5.41) is 8.47. The van der Waals surface area contributed by atoms with Crippen LogP contribution in [0.3, 0.4) is 0 Å². The Morgan fingerprint density at radius 1 is 1.39 bits per heavy atom.